The van der Waals surface area contributed by atoms with E-state index in [9.17, 15) is 0 Å². The van der Waals surface area contributed by atoms with Crippen molar-refractivity contribution in [3.63, 3.8) is 0 Å². The first-order valence-electron chi connectivity index (χ1n) is 21.7. The van der Waals surface area contributed by atoms with Crippen molar-refractivity contribution in [2.24, 2.45) is 22.9 Å². The number of rotatable bonds is 10. The smallest absolute Gasteiger partial charge is 0.0968 e. The fourth-order valence-electron chi connectivity index (χ4n) is 7.74. The van der Waals surface area contributed by atoms with E-state index in [1.807, 2.05) is 84.9 Å². The molecule has 2 aromatic carbocycles. The predicted molar refractivity (Wildman–Crippen MR) is 291 cm³/mol. The van der Waals surface area contributed by atoms with E-state index in [-0.39, 0.29) is 0 Å². The molecule has 0 atom stereocenters. The zero-order valence-corrected chi connectivity index (χ0v) is 40.8. The minimum Gasteiger partial charge on any atom is -0.326 e. The van der Waals surface area contributed by atoms with Crippen molar-refractivity contribution in [3.05, 3.63) is 191 Å². The molecule has 8 heterocycles. The number of nitrogens with zero attached hydrogens (tertiary/aromatic N) is 8. The lowest BCUT2D eigenvalue weighted by molar-refractivity contribution is 1.00. The molecule has 8 N–H and O–H groups in total. The summed E-state index contributed by atoms with van der Waals surface area (Å²) < 4.78 is 0. The van der Waals surface area contributed by atoms with Gasteiger partial charge in [0.15, 0.2) is 0 Å². The Kier molecular flexibility index (Phi) is 18.2. The van der Waals surface area contributed by atoms with Crippen molar-refractivity contribution in [1.29, 1.82) is 0 Å². The Morgan fingerprint density at radius 2 is 0.574 bits per heavy atom. The summed E-state index contributed by atoms with van der Waals surface area (Å²) in [5.74, 6) is 2.79. The Hall–Kier alpha value is -6.08. The number of benzene rings is 2. The summed E-state index contributed by atoms with van der Waals surface area (Å²) in [4.78, 5) is 35.0. The molecule has 0 spiro atoms. The summed E-state index contributed by atoms with van der Waals surface area (Å²) in [5.41, 5.74) is 39.0. The van der Waals surface area contributed by atoms with Gasteiger partial charge in [-0.2, -0.15) is 50.5 Å². The van der Waals surface area contributed by atoms with E-state index in [0.717, 1.165) is 99.8 Å². The topological polar surface area (TPSA) is 207 Å². The van der Waals surface area contributed by atoms with Gasteiger partial charge in [-0.05, 0) is 117 Å². The summed E-state index contributed by atoms with van der Waals surface area (Å²) in [6.07, 6.45) is 14.2. The third kappa shape index (κ3) is 11.6. The molecule has 12 nitrogen and oxygen atoms in total. The highest BCUT2D eigenvalue weighted by Gasteiger charge is 2.15. The van der Waals surface area contributed by atoms with Gasteiger partial charge in [0, 0.05) is 120 Å². The lowest BCUT2D eigenvalue weighted by atomic mass is 9.96. The van der Waals surface area contributed by atoms with Crippen LogP contribution in [0.3, 0.4) is 0 Å². The zero-order valence-electron chi connectivity index (χ0n) is 37.2. The Labute approximate surface area is 417 Å². The van der Waals surface area contributed by atoms with Crippen molar-refractivity contribution >= 4 is 94.1 Å². The Morgan fingerprint density at radius 3 is 0.838 bits per heavy atom. The number of thiol groups is 4. The van der Waals surface area contributed by atoms with Gasteiger partial charge in [-0.3, -0.25) is 39.9 Å². The van der Waals surface area contributed by atoms with Crippen LogP contribution < -0.4 is 22.9 Å². The highest BCUT2D eigenvalue weighted by molar-refractivity contribution is 7.80. The van der Waals surface area contributed by atoms with Crippen LogP contribution in [0.15, 0.2) is 147 Å². The van der Waals surface area contributed by atoms with Gasteiger partial charge >= 0.3 is 0 Å². The molecule has 68 heavy (non-hydrogen) atoms. The average Bonchev–Trinajstić information content (AvgIpc) is 3.42. The minimum absolute atomic E-state index is 0.458. The van der Waals surface area contributed by atoms with Crippen LogP contribution in [0, 0.1) is 0 Å². The van der Waals surface area contributed by atoms with E-state index in [2.05, 4.69) is 103 Å². The fourth-order valence-corrected chi connectivity index (χ4v) is 8.85. The molecule has 0 aliphatic rings. The molecule has 0 fully saturated rings. The number of aromatic nitrogens is 8. The molecular formula is C52H52N12S4. The minimum atomic E-state index is 0.458. The first-order valence-corrected chi connectivity index (χ1v) is 24.2. The van der Waals surface area contributed by atoms with E-state index in [1.54, 1.807) is 49.6 Å². The second kappa shape index (κ2) is 24.8. The third-order valence-corrected chi connectivity index (χ3v) is 12.5. The molecule has 10 aromatic rings. The van der Waals surface area contributed by atoms with Crippen molar-refractivity contribution in [3.8, 4) is 22.8 Å². The van der Waals surface area contributed by atoms with Gasteiger partial charge in [0.25, 0.3) is 0 Å². The quantitative estimate of drug-likeness (QED) is 0.0477. The number of nitrogens with two attached hydrogens (primary N) is 4. The van der Waals surface area contributed by atoms with Crippen LogP contribution in [0.25, 0.3) is 66.4 Å². The Morgan fingerprint density at radius 1 is 0.294 bits per heavy atom. The molecule has 0 aliphatic heterocycles. The van der Waals surface area contributed by atoms with Crippen LogP contribution >= 0.6 is 50.5 Å². The molecule has 0 aliphatic carbocycles. The monoisotopic (exact) mass is 972 g/mol. The summed E-state index contributed by atoms with van der Waals surface area (Å²) in [7, 11) is 0. The summed E-state index contributed by atoms with van der Waals surface area (Å²) in [6.45, 7) is 1.93. The van der Waals surface area contributed by atoms with Gasteiger partial charge in [-0.15, -0.1) is 0 Å². The lowest BCUT2D eigenvalue weighted by Crippen LogP contribution is -2.08. The largest absolute Gasteiger partial charge is 0.326 e. The molecule has 16 heteroatoms. The van der Waals surface area contributed by atoms with Gasteiger partial charge in [-0.25, -0.2) is 0 Å². The van der Waals surface area contributed by atoms with E-state index in [1.165, 1.54) is 11.1 Å². The molecule has 8 aromatic heterocycles. The summed E-state index contributed by atoms with van der Waals surface area (Å²) >= 11 is 17.4. The Bertz CT molecular complexity index is 2850. The van der Waals surface area contributed by atoms with Crippen LogP contribution in [0.5, 0.6) is 0 Å². The number of pyridine rings is 8. The molecule has 344 valence electrons. The van der Waals surface area contributed by atoms with Crippen LogP contribution in [0.2, 0.25) is 0 Å². The van der Waals surface area contributed by atoms with Crippen molar-refractivity contribution < 1.29 is 0 Å². The Balaban J connectivity index is 0.000000134. The first kappa shape index (κ1) is 49.8. The highest BCUT2D eigenvalue weighted by atomic mass is 32.1. The third-order valence-electron chi connectivity index (χ3n) is 11.1. The van der Waals surface area contributed by atoms with Gasteiger partial charge in [0.05, 0.1) is 44.8 Å². The summed E-state index contributed by atoms with van der Waals surface area (Å²) in [5, 5.41) is 4.35. The number of hydrogen-bond donors (Lipinski definition) is 8. The zero-order chi connectivity index (χ0) is 47.8. The maximum absolute atomic E-state index is 5.88. The molecule has 0 saturated heterocycles. The van der Waals surface area contributed by atoms with Crippen LogP contribution in [-0.2, 0) is 49.2 Å². The normalized spacial score (nSPS) is 10.8. The molecule has 10 rings (SSSR count). The van der Waals surface area contributed by atoms with Crippen molar-refractivity contribution in [2.45, 2.75) is 49.2 Å². The van der Waals surface area contributed by atoms with Gasteiger partial charge in [-0.1, -0.05) is 24.3 Å². The van der Waals surface area contributed by atoms with E-state index in [4.69, 9.17) is 22.9 Å². The maximum Gasteiger partial charge on any atom is 0.0968 e. The standard InChI is InChI=1S/C14H14N4.C14H12N2S2.C12H14N4.C12H12N2S2/c15-7-11-9-3-1-5-17-13(9)14-10(12(11)8-16)4-2-6-18-14;17-7-11-9-3-1-5-15-13(9)14-10(12(11)8-18)4-2-6-16-14;13-7-9-1-3-15-11(5-9)12-6-10(8-14)2-4-16-12;15-7-9-1-3-13-11(5-9)12-6-10(8-16)2-4-14-12/h1-6H,7-8,15-16H2;1-6,17-18H,7-8H2;1-6H,7-8,13-14H2;1-6,15-16H,7-8H2. The molecular weight excluding hydrogens is 921 g/mol. The van der Waals surface area contributed by atoms with Gasteiger partial charge < -0.3 is 22.9 Å². The van der Waals surface area contributed by atoms with E-state index < -0.39 is 0 Å². The van der Waals surface area contributed by atoms with E-state index in [0.29, 0.717) is 49.2 Å². The summed E-state index contributed by atoms with van der Waals surface area (Å²) in [6, 6.07) is 31.6. The average molecular weight is 973 g/mol. The number of hydrogen-bond acceptors (Lipinski definition) is 16. The highest BCUT2D eigenvalue weighted by Crippen LogP contribution is 2.33. The molecule has 0 radical (unpaired) electrons. The molecule has 0 unspecified atom stereocenters. The second-order valence-corrected chi connectivity index (χ2v) is 16.4. The second-order valence-electron chi connectivity index (χ2n) is 15.2. The fraction of sp³-hybridized carbons (Fsp3) is 0.154. The van der Waals surface area contributed by atoms with Crippen molar-refractivity contribution in [2.75, 3.05) is 0 Å². The van der Waals surface area contributed by atoms with Gasteiger partial charge in [0.2, 0.25) is 0 Å². The SMILES string of the molecule is NCc1c(CN)c2cccnc2c2ncccc12.NCc1ccnc(-c2cc(CN)ccn2)c1.SCc1c(CS)c2cccnc2c2ncccc12.SCc1ccnc(-c2cc(CS)ccn2)c1. The maximum atomic E-state index is 5.88. The van der Waals surface area contributed by atoms with Crippen LogP contribution in [0.4, 0.5) is 0 Å². The molecule has 0 amide bonds. The van der Waals surface area contributed by atoms with E-state index >= 15 is 0 Å². The predicted octanol–water partition coefficient (Wildman–Crippen LogP) is 9.41. The lowest BCUT2D eigenvalue weighted by Gasteiger charge is -2.13. The van der Waals surface area contributed by atoms with Crippen molar-refractivity contribution in [1.82, 2.24) is 39.9 Å². The molecule has 0 bridgehead atoms. The molecule has 0 saturated carbocycles. The van der Waals surface area contributed by atoms with Gasteiger partial charge in [0.1, 0.15) is 0 Å². The first-order chi connectivity index (χ1) is 33.4. The van der Waals surface area contributed by atoms with Crippen LogP contribution in [-0.4, -0.2) is 39.9 Å². The number of fused-ring (bicyclic) bond motifs is 6. The van der Waals surface area contributed by atoms with Crippen LogP contribution in [0.1, 0.15) is 44.5 Å².